The topological polar surface area (TPSA) is 80.6 Å². The number of aliphatic hydroxyl groups is 1. The Kier molecular flexibility index (Phi) is 3.93. The number of hydrogen-bond donors (Lipinski definition) is 2. The summed E-state index contributed by atoms with van der Waals surface area (Å²) in [5.41, 5.74) is 2.45. The van der Waals surface area contributed by atoms with Gasteiger partial charge in [-0.1, -0.05) is 30.3 Å². The zero-order valence-corrected chi connectivity index (χ0v) is 15.4. The van der Waals surface area contributed by atoms with Gasteiger partial charge in [-0.2, -0.15) is 0 Å². The van der Waals surface area contributed by atoms with Crippen LogP contribution in [0.3, 0.4) is 0 Å². The maximum absolute atomic E-state index is 13.2. The Morgan fingerprint density at radius 2 is 1.96 bits per heavy atom. The number of para-hydroxylation sites is 2. The molecule has 0 bridgehead atoms. The second-order valence-corrected chi connectivity index (χ2v) is 8.09. The van der Waals surface area contributed by atoms with Crippen molar-refractivity contribution < 1.29 is 18.3 Å². The van der Waals surface area contributed by atoms with Crippen LogP contribution in [-0.2, 0) is 17.1 Å². The number of hydrogen-bond acceptors (Lipinski definition) is 4. The van der Waals surface area contributed by atoms with Crippen LogP contribution in [-0.4, -0.2) is 24.7 Å². The van der Waals surface area contributed by atoms with Gasteiger partial charge in [0, 0.05) is 35.6 Å². The minimum absolute atomic E-state index is 0.254. The Balaban J connectivity index is 1.83. The van der Waals surface area contributed by atoms with Crippen molar-refractivity contribution in [1.29, 1.82) is 0 Å². The van der Waals surface area contributed by atoms with E-state index < -0.39 is 16.1 Å². The molecule has 3 aromatic rings. The number of nitrogens with one attached hydrogen (secondary N) is 1. The van der Waals surface area contributed by atoms with Crippen molar-refractivity contribution in [3.63, 3.8) is 0 Å². The van der Waals surface area contributed by atoms with Crippen LogP contribution >= 0.6 is 0 Å². The van der Waals surface area contributed by atoms with E-state index in [0.29, 0.717) is 41.1 Å². The highest BCUT2D eigenvalue weighted by Gasteiger charge is 2.27. The van der Waals surface area contributed by atoms with Gasteiger partial charge in [-0.05, 0) is 19.1 Å². The fourth-order valence-electron chi connectivity index (χ4n) is 3.51. The van der Waals surface area contributed by atoms with Gasteiger partial charge in [-0.15, -0.1) is 0 Å². The van der Waals surface area contributed by atoms with Gasteiger partial charge in [0.05, 0.1) is 18.4 Å². The average Bonchev–Trinajstić information content (AvgIpc) is 2.88. The first kappa shape index (κ1) is 16.9. The average molecular weight is 372 g/mol. The molecule has 2 aromatic carbocycles. The van der Waals surface area contributed by atoms with Crippen LogP contribution in [0.2, 0.25) is 0 Å². The molecule has 6 nitrogen and oxygen atoms in total. The Hall–Kier alpha value is -2.51. The van der Waals surface area contributed by atoms with Crippen LogP contribution in [0.25, 0.3) is 10.9 Å². The number of aromatic nitrogens is 1. The van der Waals surface area contributed by atoms with Gasteiger partial charge >= 0.3 is 0 Å². The molecule has 1 unspecified atom stereocenters. The van der Waals surface area contributed by atoms with E-state index in [-0.39, 0.29) is 4.90 Å². The molecular formula is C19H20N2O4S. The molecule has 1 aromatic heterocycles. The third-order valence-electron chi connectivity index (χ3n) is 4.90. The van der Waals surface area contributed by atoms with Crippen LogP contribution in [0.15, 0.2) is 47.4 Å². The fraction of sp³-hybridized carbons (Fsp3) is 0.263. The van der Waals surface area contributed by atoms with Crippen LogP contribution < -0.4 is 9.46 Å². The molecule has 1 aliphatic rings. The molecule has 0 saturated heterocycles. The predicted octanol–water partition coefficient (Wildman–Crippen LogP) is 3.10. The van der Waals surface area contributed by atoms with Gasteiger partial charge in [0.1, 0.15) is 10.6 Å². The predicted molar refractivity (Wildman–Crippen MR) is 100.0 cm³/mol. The normalized spacial score (nSPS) is 17.0. The highest BCUT2D eigenvalue weighted by Crippen LogP contribution is 2.39. The summed E-state index contributed by atoms with van der Waals surface area (Å²) in [6, 6.07) is 12.5. The third-order valence-corrected chi connectivity index (χ3v) is 6.44. The van der Waals surface area contributed by atoms with E-state index in [0.717, 1.165) is 5.52 Å². The Morgan fingerprint density at radius 3 is 2.77 bits per heavy atom. The van der Waals surface area contributed by atoms with Gasteiger partial charge in [-0.3, -0.25) is 4.72 Å². The fourth-order valence-corrected chi connectivity index (χ4v) is 5.05. The second-order valence-electron chi connectivity index (χ2n) is 6.47. The first-order chi connectivity index (χ1) is 12.4. The highest BCUT2D eigenvalue weighted by molar-refractivity contribution is 7.93. The van der Waals surface area contributed by atoms with Gasteiger partial charge in [0.15, 0.2) is 0 Å². The first-order valence-corrected chi connectivity index (χ1v) is 9.89. The summed E-state index contributed by atoms with van der Waals surface area (Å²) in [5, 5.41) is 10.8. The lowest BCUT2D eigenvalue weighted by Gasteiger charge is -2.24. The van der Waals surface area contributed by atoms with Crippen LogP contribution in [0, 0.1) is 6.92 Å². The summed E-state index contributed by atoms with van der Waals surface area (Å²) in [4.78, 5) is 0.254. The lowest BCUT2D eigenvalue weighted by atomic mass is 10.0. The molecule has 2 N–H and O–H groups in total. The van der Waals surface area contributed by atoms with E-state index >= 15 is 0 Å². The summed E-state index contributed by atoms with van der Waals surface area (Å²) < 4.78 is 36.5. The molecule has 0 saturated carbocycles. The Morgan fingerprint density at radius 1 is 1.19 bits per heavy atom. The number of ether oxygens (including phenoxy) is 1. The molecule has 0 fully saturated rings. The Labute approximate surface area is 152 Å². The molecule has 4 rings (SSSR count). The molecule has 0 spiro atoms. The van der Waals surface area contributed by atoms with Crippen LogP contribution in [0.4, 0.5) is 5.69 Å². The van der Waals surface area contributed by atoms with Gasteiger partial charge < -0.3 is 14.4 Å². The van der Waals surface area contributed by atoms with E-state index in [1.54, 1.807) is 31.2 Å². The number of rotatable bonds is 3. The minimum atomic E-state index is -3.83. The zero-order valence-electron chi connectivity index (χ0n) is 14.6. The molecule has 136 valence electrons. The lowest BCUT2D eigenvalue weighted by Crippen LogP contribution is -2.19. The van der Waals surface area contributed by atoms with E-state index in [4.69, 9.17) is 4.74 Å². The van der Waals surface area contributed by atoms with Crippen molar-refractivity contribution in [2.24, 2.45) is 7.05 Å². The molecule has 1 aliphatic heterocycles. The number of benzene rings is 2. The van der Waals surface area contributed by atoms with Crippen molar-refractivity contribution in [2.75, 3.05) is 11.3 Å². The van der Waals surface area contributed by atoms with Crippen LogP contribution in [0.1, 0.15) is 23.8 Å². The summed E-state index contributed by atoms with van der Waals surface area (Å²) in [5.74, 6) is 0.396. The SMILES string of the molecule is Cc1c(S(=O)(=O)Nc2cccc3c2OCCC3O)c2ccccc2n1C. The molecule has 0 aliphatic carbocycles. The summed E-state index contributed by atoms with van der Waals surface area (Å²) >= 11 is 0. The standard InChI is InChI=1S/C19H20N2O4S/c1-12-19(13-6-3-4-9-16(13)21(12)2)26(23,24)20-15-8-5-7-14-17(22)10-11-25-18(14)15/h3-9,17,20,22H,10-11H2,1-2H3. The summed E-state index contributed by atoms with van der Waals surface area (Å²) in [6.07, 6.45) is -0.159. The third kappa shape index (κ3) is 2.55. The monoisotopic (exact) mass is 372 g/mol. The number of fused-ring (bicyclic) bond motifs is 2. The second kappa shape index (κ2) is 6.03. The molecule has 2 heterocycles. The van der Waals surface area contributed by atoms with Crippen LogP contribution in [0.5, 0.6) is 5.75 Å². The molecule has 7 heteroatoms. The molecule has 1 atom stereocenters. The number of aliphatic hydroxyl groups excluding tert-OH is 1. The van der Waals surface area contributed by atoms with Crippen molar-refractivity contribution in [2.45, 2.75) is 24.3 Å². The van der Waals surface area contributed by atoms with Crippen molar-refractivity contribution in [3.8, 4) is 5.75 Å². The zero-order chi connectivity index (χ0) is 18.5. The number of nitrogens with zero attached hydrogens (tertiary/aromatic N) is 1. The van der Waals surface area contributed by atoms with Crippen molar-refractivity contribution >= 4 is 26.6 Å². The number of anilines is 1. The first-order valence-electron chi connectivity index (χ1n) is 8.41. The van der Waals surface area contributed by atoms with Gasteiger partial charge in [0.2, 0.25) is 0 Å². The van der Waals surface area contributed by atoms with E-state index in [1.165, 1.54) is 0 Å². The summed E-state index contributed by atoms with van der Waals surface area (Å²) in [7, 11) is -1.99. The largest absolute Gasteiger partial charge is 0.491 e. The number of sulfonamides is 1. The Bertz CT molecular complexity index is 1100. The van der Waals surface area contributed by atoms with Crippen molar-refractivity contribution in [3.05, 3.63) is 53.7 Å². The van der Waals surface area contributed by atoms with Gasteiger partial charge in [-0.25, -0.2) is 8.42 Å². The molecule has 26 heavy (non-hydrogen) atoms. The molecular weight excluding hydrogens is 352 g/mol. The smallest absolute Gasteiger partial charge is 0.264 e. The number of aryl methyl sites for hydroxylation is 1. The minimum Gasteiger partial charge on any atom is -0.491 e. The molecule has 0 amide bonds. The highest BCUT2D eigenvalue weighted by atomic mass is 32.2. The van der Waals surface area contributed by atoms with E-state index in [9.17, 15) is 13.5 Å². The lowest BCUT2D eigenvalue weighted by molar-refractivity contribution is 0.116. The quantitative estimate of drug-likeness (QED) is 0.740. The van der Waals surface area contributed by atoms with E-state index in [1.807, 2.05) is 29.8 Å². The summed E-state index contributed by atoms with van der Waals surface area (Å²) in [6.45, 7) is 2.13. The van der Waals surface area contributed by atoms with Crippen molar-refractivity contribution in [1.82, 2.24) is 4.57 Å². The maximum atomic E-state index is 13.2. The maximum Gasteiger partial charge on any atom is 0.264 e. The van der Waals surface area contributed by atoms with E-state index in [2.05, 4.69) is 4.72 Å². The van der Waals surface area contributed by atoms with Gasteiger partial charge in [0.25, 0.3) is 10.0 Å². The molecule has 0 radical (unpaired) electrons.